The molecule has 5 nitrogen and oxygen atoms in total. The lowest BCUT2D eigenvalue weighted by Crippen LogP contribution is -2.51. The maximum atomic E-state index is 13.5. The molecule has 1 N–H and O–H groups in total. The molecule has 0 heterocycles. The fraction of sp³-hybridized carbons (Fsp3) is 0.462. The largest absolute Gasteiger partial charge is 0.497 e. The summed E-state index contributed by atoms with van der Waals surface area (Å²) in [6.45, 7) is 2.28. The zero-order valence-electron chi connectivity index (χ0n) is 19.3. The number of hydrogen-bond donors (Lipinski definition) is 1. The van der Waals surface area contributed by atoms with Gasteiger partial charge in [0.2, 0.25) is 11.8 Å². The van der Waals surface area contributed by atoms with Crippen LogP contribution in [-0.4, -0.2) is 35.9 Å². The first-order valence-corrected chi connectivity index (χ1v) is 12.3. The molecule has 1 aliphatic rings. The smallest absolute Gasteiger partial charge is 0.243 e. The Balaban J connectivity index is 1.81. The minimum atomic E-state index is -0.552. The maximum absolute atomic E-state index is 13.5. The third kappa shape index (κ3) is 7.12. The Morgan fingerprint density at radius 1 is 1.03 bits per heavy atom. The van der Waals surface area contributed by atoms with Gasteiger partial charge in [0.25, 0.3) is 0 Å². The molecule has 1 saturated carbocycles. The van der Waals surface area contributed by atoms with Crippen molar-refractivity contribution in [1.82, 2.24) is 10.2 Å². The number of methoxy groups -OCH3 is 1. The molecular weight excluding hydrogens is 459 g/mol. The van der Waals surface area contributed by atoms with Crippen molar-refractivity contribution in [2.75, 3.05) is 7.11 Å². The van der Waals surface area contributed by atoms with Gasteiger partial charge in [-0.15, -0.1) is 0 Å². The van der Waals surface area contributed by atoms with Gasteiger partial charge in [0.15, 0.2) is 0 Å². The van der Waals surface area contributed by atoms with Crippen LogP contribution in [0.2, 0.25) is 10.0 Å². The van der Waals surface area contributed by atoms with Crippen LogP contribution < -0.4 is 10.1 Å². The van der Waals surface area contributed by atoms with Crippen LogP contribution in [0.5, 0.6) is 5.75 Å². The van der Waals surface area contributed by atoms with Crippen molar-refractivity contribution < 1.29 is 14.3 Å². The van der Waals surface area contributed by atoms with Crippen LogP contribution in [-0.2, 0) is 22.6 Å². The standard InChI is InChI=1S/C26H32Cl2N2O3/c1-3-24(26(32)29-20-7-5-4-6-8-20)30(17-18-9-12-21(33-2)13-10-18)25(31)16-19-11-14-22(27)23(28)15-19/h9-15,20,24H,3-8,16-17H2,1-2H3,(H,29,32). The summed E-state index contributed by atoms with van der Waals surface area (Å²) < 4.78 is 5.24. The van der Waals surface area contributed by atoms with Crippen LogP contribution >= 0.6 is 23.2 Å². The van der Waals surface area contributed by atoms with Gasteiger partial charge in [-0.1, -0.05) is 67.6 Å². The Kier molecular flexibility index (Phi) is 9.45. The van der Waals surface area contributed by atoms with E-state index < -0.39 is 6.04 Å². The molecule has 2 aromatic carbocycles. The van der Waals surface area contributed by atoms with E-state index in [0.29, 0.717) is 23.0 Å². The van der Waals surface area contributed by atoms with E-state index >= 15 is 0 Å². The van der Waals surface area contributed by atoms with E-state index in [1.807, 2.05) is 31.2 Å². The number of carbonyl (C=O) groups is 2. The first kappa shape index (κ1) is 25.4. The van der Waals surface area contributed by atoms with Gasteiger partial charge in [0, 0.05) is 12.6 Å². The zero-order valence-corrected chi connectivity index (χ0v) is 20.8. The van der Waals surface area contributed by atoms with Gasteiger partial charge < -0.3 is 15.0 Å². The Morgan fingerprint density at radius 3 is 2.30 bits per heavy atom. The van der Waals surface area contributed by atoms with E-state index in [2.05, 4.69) is 5.32 Å². The van der Waals surface area contributed by atoms with Crippen molar-refractivity contribution in [2.45, 2.75) is 70.5 Å². The molecule has 7 heteroatoms. The quantitative estimate of drug-likeness (QED) is 0.482. The summed E-state index contributed by atoms with van der Waals surface area (Å²) in [5.41, 5.74) is 1.69. The molecular formula is C26H32Cl2N2O3. The molecule has 33 heavy (non-hydrogen) atoms. The molecule has 178 valence electrons. The van der Waals surface area contributed by atoms with Crippen molar-refractivity contribution in [1.29, 1.82) is 0 Å². The molecule has 0 radical (unpaired) electrons. The first-order valence-electron chi connectivity index (χ1n) is 11.6. The average Bonchev–Trinajstić information content (AvgIpc) is 2.82. The molecule has 0 spiro atoms. The minimum Gasteiger partial charge on any atom is -0.497 e. The summed E-state index contributed by atoms with van der Waals surface area (Å²) in [6, 6.07) is 12.4. The summed E-state index contributed by atoms with van der Waals surface area (Å²) in [5.74, 6) is 0.532. The fourth-order valence-electron chi connectivity index (χ4n) is 4.32. The van der Waals surface area contributed by atoms with Gasteiger partial charge in [0.1, 0.15) is 11.8 Å². The van der Waals surface area contributed by atoms with Crippen LogP contribution in [0.15, 0.2) is 42.5 Å². The summed E-state index contributed by atoms with van der Waals surface area (Å²) >= 11 is 12.2. The third-order valence-electron chi connectivity index (χ3n) is 6.19. The number of amides is 2. The van der Waals surface area contributed by atoms with E-state index in [9.17, 15) is 9.59 Å². The fourth-order valence-corrected chi connectivity index (χ4v) is 4.64. The second-order valence-corrected chi connectivity index (χ2v) is 9.38. The lowest BCUT2D eigenvalue weighted by Gasteiger charge is -2.33. The van der Waals surface area contributed by atoms with Gasteiger partial charge in [-0.2, -0.15) is 0 Å². The van der Waals surface area contributed by atoms with E-state index in [0.717, 1.165) is 42.6 Å². The number of carbonyl (C=O) groups excluding carboxylic acids is 2. The number of nitrogens with zero attached hydrogens (tertiary/aromatic N) is 1. The molecule has 1 atom stereocenters. The predicted octanol–water partition coefficient (Wildman–Crippen LogP) is 5.80. The van der Waals surface area contributed by atoms with Crippen LogP contribution in [0.4, 0.5) is 0 Å². The topological polar surface area (TPSA) is 58.6 Å². The highest BCUT2D eigenvalue weighted by Gasteiger charge is 2.30. The van der Waals surface area contributed by atoms with E-state index in [1.54, 1.807) is 30.2 Å². The summed E-state index contributed by atoms with van der Waals surface area (Å²) in [6.07, 6.45) is 6.15. The monoisotopic (exact) mass is 490 g/mol. The molecule has 1 fully saturated rings. The molecule has 0 bridgehead atoms. The summed E-state index contributed by atoms with van der Waals surface area (Å²) in [4.78, 5) is 28.4. The second kappa shape index (κ2) is 12.3. The Labute approximate surface area is 206 Å². The molecule has 2 amide bonds. The van der Waals surface area contributed by atoms with E-state index in [1.165, 1.54) is 6.42 Å². The maximum Gasteiger partial charge on any atom is 0.243 e. The third-order valence-corrected chi connectivity index (χ3v) is 6.93. The number of ether oxygens (including phenoxy) is 1. The van der Waals surface area contributed by atoms with Gasteiger partial charge in [0.05, 0.1) is 23.6 Å². The highest BCUT2D eigenvalue weighted by Crippen LogP contribution is 2.24. The highest BCUT2D eigenvalue weighted by atomic mass is 35.5. The molecule has 2 aromatic rings. The number of rotatable bonds is 9. The lowest BCUT2D eigenvalue weighted by molar-refractivity contribution is -0.141. The Morgan fingerprint density at radius 2 is 1.70 bits per heavy atom. The van der Waals surface area contributed by atoms with Crippen molar-refractivity contribution in [3.05, 3.63) is 63.6 Å². The lowest BCUT2D eigenvalue weighted by atomic mass is 9.95. The predicted molar refractivity (Wildman–Crippen MR) is 133 cm³/mol. The number of nitrogens with one attached hydrogen (secondary N) is 1. The Hall–Kier alpha value is -2.24. The van der Waals surface area contributed by atoms with Crippen molar-refractivity contribution >= 4 is 35.0 Å². The van der Waals surface area contributed by atoms with Crippen LogP contribution in [0, 0.1) is 0 Å². The average molecular weight is 491 g/mol. The van der Waals surface area contributed by atoms with Crippen molar-refractivity contribution in [2.24, 2.45) is 0 Å². The normalized spacial score (nSPS) is 15.0. The summed E-state index contributed by atoms with van der Waals surface area (Å²) in [7, 11) is 1.62. The van der Waals surface area contributed by atoms with Crippen LogP contribution in [0.25, 0.3) is 0 Å². The van der Waals surface area contributed by atoms with Crippen molar-refractivity contribution in [3.63, 3.8) is 0 Å². The Bertz CT molecular complexity index is 943. The van der Waals surface area contributed by atoms with Gasteiger partial charge in [-0.3, -0.25) is 9.59 Å². The number of halogens is 2. The molecule has 1 unspecified atom stereocenters. The van der Waals surface area contributed by atoms with Gasteiger partial charge >= 0.3 is 0 Å². The van der Waals surface area contributed by atoms with Crippen LogP contribution in [0.1, 0.15) is 56.6 Å². The SMILES string of the molecule is CCC(C(=O)NC1CCCCC1)N(Cc1ccc(OC)cc1)C(=O)Cc1ccc(Cl)c(Cl)c1. The molecule has 0 aliphatic heterocycles. The molecule has 3 rings (SSSR count). The summed E-state index contributed by atoms with van der Waals surface area (Å²) in [5, 5.41) is 4.05. The van der Waals surface area contributed by atoms with Gasteiger partial charge in [-0.25, -0.2) is 0 Å². The van der Waals surface area contributed by atoms with Crippen molar-refractivity contribution in [3.8, 4) is 5.75 Å². The second-order valence-electron chi connectivity index (χ2n) is 8.56. The van der Waals surface area contributed by atoms with E-state index in [-0.39, 0.29) is 24.3 Å². The van der Waals surface area contributed by atoms with Gasteiger partial charge in [-0.05, 0) is 54.7 Å². The van der Waals surface area contributed by atoms with Crippen LogP contribution in [0.3, 0.4) is 0 Å². The van der Waals surface area contributed by atoms with E-state index in [4.69, 9.17) is 27.9 Å². The minimum absolute atomic E-state index is 0.0830. The molecule has 1 aliphatic carbocycles. The zero-order chi connectivity index (χ0) is 23.8. The first-order chi connectivity index (χ1) is 15.9. The number of hydrogen-bond acceptors (Lipinski definition) is 3. The highest BCUT2D eigenvalue weighted by molar-refractivity contribution is 6.42. The number of benzene rings is 2. The molecule has 0 aromatic heterocycles. The molecule has 0 saturated heterocycles.